The van der Waals surface area contributed by atoms with Crippen LogP contribution in [0.1, 0.15) is 26.7 Å². The Bertz CT molecular complexity index is 458. The first-order chi connectivity index (χ1) is 10.1. The van der Waals surface area contributed by atoms with Crippen molar-refractivity contribution in [3.8, 4) is 5.75 Å². The Morgan fingerprint density at radius 3 is 2.71 bits per heavy atom. The number of hydrogen-bond donors (Lipinski definition) is 0. The van der Waals surface area contributed by atoms with Crippen LogP contribution in [0.15, 0.2) is 24.3 Å². The van der Waals surface area contributed by atoms with Gasteiger partial charge in [0, 0.05) is 18.8 Å². The fourth-order valence-corrected chi connectivity index (χ4v) is 2.98. The van der Waals surface area contributed by atoms with E-state index in [4.69, 9.17) is 9.47 Å². The van der Waals surface area contributed by atoms with Crippen molar-refractivity contribution in [3.63, 3.8) is 0 Å². The number of anilines is 1. The van der Waals surface area contributed by atoms with Crippen LogP contribution in [0.25, 0.3) is 0 Å². The highest BCUT2D eigenvalue weighted by molar-refractivity contribution is 5.71. The van der Waals surface area contributed by atoms with Gasteiger partial charge in [-0.1, -0.05) is 6.92 Å². The Balaban J connectivity index is 1.88. The number of methoxy groups -OCH3 is 1. The van der Waals surface area contributed by atoms with E-state index in [2.05, 4.69) is 17.0 Å². The predicted molar refractivity (Wildman–Crippen MR) is 83.7 cm³/mol. The number of ether oxygens (including phenoxy) is 2. The summed E-state index contributed by atoms with van der Waals surface area (Å²) >= 11 is 0. The predicted octanol–water partition coefficient (Wildman–Crippen LogP) is 3.11. The van der Waals surface area contributed by atoms with Gasteiger partial charge in [-0.3, -0.25) is 4.79 Å². The molecule has 0 bridgehead atoms. The number of carbonyl (C=O) groups excluding carboxylic acids is 1. The van der Waals surface area contributed by atoms with Crippen molar-refractivity contribution in [3.05, 3.63) is 24.3 Å². The Morgan fingerprint density at radius 2 is 2.10 bits per heavy atom. The minimum Gasteiger partial charge on any atom is -0.494 e. The number of carbonyl (C=O) groups is 1. The number of nitrogens with zero attached hydrogens (tertiary/aromatic N) is 1. The van der Waals surface area contributed by atoms with E-state index >= 15 is 0 Å². The molecule has 4 heteroatoms. The molecule has 21 heavy (non-hydrogen) atoms. The van der Waals surface area contributed by atoms with Crippen LogP contribution in [0.5, 0.6) is 5.75 Å². The van der Waals surface area contributed by atoms with Crippen LogP contribution < -0.4 is 9.64 Å². The minimum absolute atomic E-state index is 0.0136. The van der Waals surface area contributed by atoms with Crippen LogP contribution in [0.4, 0.5) is 5.69 Å². The smallest absolute Gasteiger partial charge is 0.308 e. The maximum atomic E-state index is 11.5. The quantitative estimate of drug-likeness (QED) is 0.755. The van der Waals surface area contributed by atoms with Crippen LogP contribution in [0.3, 0.4) is 0 Å². The van der Waals surface area contributed by atoms with Crippen LogP contribution in [0.2, 0.25) is 0 Å². The van der Waals surface area contributed by atoms with E-state index in [9.17, 15) is 4.79 Å². The highest BCUT2D eigenvalue weighted by Gasteiger charge is 2.26. The number of hydrogen-bond acceptors (Lipinski definition) is 4. The monoisotopic (exact) mass is 291 g/mol. The summed E-state index contributed by atoms with van der Waals surface area (Å²) in [4.78, 5) is 13.9. The van der Waals surface area contributed by atoms with E-state index in [0.717, 1.165) is 31.7 Å². The van der Waals surface area contributed by atoms with Crippen LogP contribution in [-0.2, 0) is 9.53 Å². The minimum atomic E-state index is -0.102. The van der Waals surface area contributed by atoms with Crippen molar-refractivity contribution < 1.29 is 14.3 Å². The Hall–Kier alpha value is -1.71. The van der Waals surface area contributed by atoms with E-state index < -0.39 is 0 Å². The van der Waals surface area contributed by atoms with Gasteiger partial charge in [-0.2, -0.15) is 0 Å². The molecule has 1 heterocycles. The van der Waals surface area contributed by atoms with Gasteiger partial charge in [0.05, 0.1) is 19.6 Å². The van der Waals surface area contributed by atoms with Crippen molar-refractivity contribution in [1.29, 1.82) is 0 Å². The van der Waals surface area contributed by atoms with Gasteiger partial charge < -0.3 is 14.4 Å². The first-order valence-electron chi connectivity index (χ1n) is 7.69. The highest BCUT2D eigenvalue weighted by atomic mass is 16.5. The summed E-state index contributed by atoms with van der Waals surface area (Å²) in [5.41, 5.74) is 1.23. The maximum absolute atomic E-state index is 11.5. The largest absolute Gasteiger partial charge is 0.494 e. The molecule has 1 aliphatic heterocycles. The molecule has 0 saturated carbocycles. The van der Waals surface area contributed by atoms with Crippen molar-refractivity contribution in [2.75, 3.05) is 31.7 Å². The molecule has 1 aromatic rings. The fourth-order valence-electron chi connectivity index (χ4n) is 2.98. The summed E-state index contributed by atoms with van der Waals surface area (Å²) in [6.07, 6.45) is 2.04. The number of benzene rings is 1. The average Bonchev–Trinajstić information content (AvgIpc) is 2.96. The summed E-state index contributed by atoms with van der Waals surface area (Å²) in [6, 6.07) is 8.25. The molecule has 1 saturated heterocycles. The molecule has 1 fully saturated rings. The third kappa shape index (κ3) is 4.13. The van der Waals surface area contributed by atoms with Gasteiger partial charge in [-0.25, -0.2) is 0 Å². The third-order valence-corrected chi connectivity index (χ3v) is 4.09. The lowest BCUT2D eigenvalue weighted by Gasteiger charge is -2.20. The zero-order valence-corrected chi connectivity index (χ0v) is 13.2. The summed E-state index contributed by atoms with van der Waals surface area (Å²) in [6.45, 7) is 6.69. The Labute approximate surface area is 127 Å². The van der Waals surface area contributed by atoms with Gasteiger partial charge in [0.2, 0.25) is 0 Å². The van der Waals surface area contributed by atoms with Gasteiger partial charge >= 0.3 is 5.97 Å². The summed E-state index contributed by atoms with van der Waals surface area (Å²) in [5.74, 6) is 1.36. The van der Waals surface area contributed by atoms with Gasteiger partial charge in [0.15, 0.2) is 0 Å². The number of esters is 1. The zero-order valence-electron chi connectivity index (χ0n) is 13.2. The van der Waals surface area contributed by atoms with Crippen molar-refractivity contribution >= 4 is 11.7 Å². The summed E-state index contributed by atoms with van der Waals surface area (Å²) < 4.78 is 10.3. The second-order valence-corrected chi connectivity index (χ2v) is 5.69. The normalized spacial score (nSPS) is 19.4. The molecule has 1 aliphatic rings. The molecule has 0 N–H and O–H groups in total. The van der Waals surface area contributed by atoms with E-state index in [0.29, 0.717) is 12.5 Å². The molecule has 1 aromatic carbocycles. The second-order valence-electron chi connectivity index (χ2n) is 5.69. The Kier molecular flexibility index (Phi) is 5.48. The first kappa shape index (κ1) is 15.7. The molecule has 116 valence electrons. The molecule has 0 aromatic heterocycles. The number of rotatable bonds is 6. The fraction of sp³-hybridized carbons (Fsp3) is 0.588. The summed E-state index contributed by atoms with van der Waals surface area (Å²) in [7, 11) is 1.46. The van der Waals surface area contributed by atoms with Crippen LogP contribution in [-0.4, -0.2) is 32.8 Å². The van der Waals surface area contributed by atoms with Crippen LogP contribution in [0, 0.1) is 11.8 Å². The van der Waals surface area contributed by atoms with Crippen molar-refractivity contribution in [2.45, 2.75) is 26.7 Å². The molecule has 0 radical (unpaired) electrons. The van der Waals surface area contributed by atoms with Crippen molar-refractivity contribution in [1.82, 2.24) is 0 Å². The highest BCUT2D eigenvalue weighted by Crippen LogP contribution is 2.29. The van der Waals surface area contributed by atoms with Gasteiger partial charge in [-0.05, 0) is 49.9 Å². The molecule has 0 amide bonds. The van der Waals surface area contributed by atoms with E-state index in [-0.39, 0.29) is 11.9 Å². The average molecular weight is 291 g/mol. The lowest BCUT2D eigenvalue weighted by atomic mass is 9.95. The molecule has 4 nitrogen and oxygen atoms in total. The van der Waals surface area contributed by atoms with Gasteiger partial charge in [0.1, 0.15) is 5.75 Å². The van der Waals surface area contributed by atoms with Crippen LogP contribution >= 0.6 is 0 Å². The molecular formula is C17H25NO3. The third-order valence-electron chi connectivity index (χ3n) is 4.09. The summed E-state index contributed by atoms with van der Waals surface area (Å²) in [5, 5.41) is 0. The van der Waals surface area contributed by atoms with Gasteiger partial charge in [0.25, 0.3) is 0 Å². The SMILES string of the molecule is CCOc1ccc(N2CCC(CC(C)C(=O)OC)C2)cc1. The lowest BCUT2D eigenvalue weighted by molar-refractivity contribution is -0.145. The second kappa shape index (κ2) is 7.34. The van der Waals surface area contributed by atoms with E-state index in [1.165, 1.54) is 12.8 Å². The molecule has 2 rings (SSSR count). The molecule has 0 spiro atoms. The molecule has 2 atom stereocenters. The van der Waals surface area contributed by atoms with Crippen molar-refractivity contribution in [2.24, 2.45) is 11.8 Å². The zero-order chi connectivity index (χ0) is 15.2. The van der Waals surface area contributed by atoms with Gasteiger partial charge in [-0.15, -0.1) is 0 Å². The first-order valence-corrected chi connectivity index (χ1v) is 7.69. The Morgan fingerprint density at radius 1 is 1.38 bits per heavy atom. The van der Waals surface area contributed by atoms with E-state index in [1.807, 2.05) is 26.0 Å². The standard InChI is InChI=1S/C17H25NO3/c1-4-21-16-7-5-15(6-8-16)18-10-9-14(12-18)11-13(2)17(19)20-3/h5-8,13-14H,4,9-12H2,1-3H3. The molecule has 2 unspecified atom stereocenters. The molecular weight excluding hydrogens is 266 g/mol. The lowest BCUT2D eigenvalue weighted by Crippen LogP contribution is -2.22. The maximum Gasteiger partial charge on any atom is 0.308 e. The van der Waals surface area contributed by atoms with E-state index in [1.54, 1.807) is 0 Å². The topological polar surface area (TPSA) is 38.8 Å². The molecule has 0 aliphatic carbocycles.